The minimum Gasteiger partial charge on any atom is -0.490 e. The molecule has 17 heavy (non-hydrogen) atoms. The monoisotopic (exact) mass is 246 g/mol. The Bertz CT molecular complexity index is 424. The number of carbonyl (C=O) groups excluding carboxylic acids is 1. The molecule has 0 N–H and O–H groups in total. The van der Waals surface area contributed by atoms with Gasteiger partial charge in [0.25, 0.3) is 0 Å². The first-order chi connectivity index (χ1) is 8.02. The van der Waals surface area contributed by atoms with Crippen molar-refractivity contribution in [1.29, 1.82) is 0 Å². The van der Waals surface area contributed by atoms with E-state index in [0.29, 0.717) is 6.61 Å². The van der Waals surface area contributed by atoms with Crippen molar-refractivity contribution in [2.75, 3.05) is 13.2 Å². The molecule has 1 fully saturated rings. The van der Waals surface area contributed by atoms with Crippen molar-refractivity contribution < 1.29 is 27.4 Å². The number of aldehydes is 1. The van der Waals surface area contributed by atoms with Crippen LogP contribution < -0.4 is 4.74 Å². The van der Waals surface area contributed by atoms with Gasteiger partial charge in [-0.1, -0.05) is 6.07 Å². The van der Waals surface area contributed by atoms with Crippen LogP contribution in [0.5, 0.6) is 5.75 Å². The summed E-state index contributed by atoms with van der Waals surface area (Å²) in [5.41, 5.74) is -1.46. The maximum Gasteiger partial charge on any atom is 0.417 e. The van der Waals surface area contributed by atoms with Crippen molar-refractivity contribution in [2.45, 2.75) is 12.3 Å². The zero-order chi connectivity index (χ0) is 12.5. The van der Waals surface area contributed by atoms with Gasteiger partial charge in [0.05, 0.1) is 17.7 Å². The minimum absolute atomic E-state index is 0.0645. The Kier molecular flexibility index (Phi) is 3.06. The van der Waals surface area contributed by atoms with Crippen LogP contribution in [0.3, 0.4) is 0 Å². The highest BCUT2D eigenvalue weighted by Crippen LogP contribution is 2.35. The zero-order valence-electron chi connectivity index (χ0n) is 8.66. The Balaban J connectivity index is 2.27. The smallest absolute Gasteiger partial charge is 0.417 e. The molecule has 92 valence electrons. The molecule has 0 spiro atoms. The van der Waals surface area contributed by atoms with Crippen LogP contribution in [0.1, 0.15) is 15.9 Å². The van der Waals surface area contributed by atoms with E-state index in [-0.39, 0.29) is 24.7 Å². The molecule has 0 amide bonds. The number of ether oxygens (including phenoxy) is 2. The lowest BCUT2D eigenvalue weighted by Crippen LogP contribution is -2.12. The van der Waals surface area contributed by atoms with Gasteiger partial charge in [0, 0.05) is 0 Å². The second-order valence-electron chi connectivity index (χ2n) is 3.60. The Hall–Kier alpha value is -1.56. The Morgan fingerprint density at radius 1 is 1.47 bits per heavy atom. The zero-order valence-corrected chi connectivity index (χ0v) is 8.66. The predicted molar refractivity (Wildman–Crippen MR) is 52.1 cm³/mol. The van der Waals surface area contributed by atoms with E-state index in [9.17, 15) is 18.0 Å². The highest BCUT2D eigenvalue weighted by molar-refractivity contribution is 5.82. The maximum absolute atomic E-state index is 12.6. The summed E-state index contributed by atoms with van der Waals surface area (Å²) in [6, 6.07) is 3.39. The molecule has 1 aromatic carbocycles. The van der Waals surface area contributed by atoms with Crippen molar-refractivity contribution in [3.05, 3.63) is 29.3 Å². The molecule has 1 atom stereocenters. The van der Waals surface area contributed by atoms with Crippen LogP contribution in [-0.2, 0) is 10.9 Å². The summed E-state index contributed by atoms with van der Waals surface area (Å²) in [7, 11) is 0. The van der Waals surface area contributed by atoms with E-state index < -0.39 is 17.3 Å². The lowest BCUT2D eigenvalue weighted by Gasteiger charge is -2.13. The molecule has 0 aromatic heterocycles. The largest absolute Gasteiger partial charge is 0.490 e. The van der Waals surface area contributed by atoms with E-state index >= 15 is 0 Å². The number of epoxide rings is 1. The molecule has 0 aliphatic carbocycles. The normalized spacial score (nSPS) is 18.9. The van der Waals surface area contributed by atoms with Gasteiger partial charge in [-0.15, -0.1) is 0 Å². The van der Waals surface area contributed by atoms with E-state index in [0.717, 1.165) is 6.07 Å². The summed E-state index contributed by atoms with van der Waals surface area (Å²) >= 11 is 0. The average molecular weight is 246 g/mol. The van der Waals surface area contributed by atoms with Gasteiger partial charge in [0.2, 0.25) is 0 Å². The Morgan fingerprint density at radius 3 is 2.71 bits per heavy atom. The van der Waals surface area contributed by atoms with Gasteiger partial charge in [0.1, 0.15) is 18.5 Å². The van der Waals surface area contributed by atoms with Gasteiger partial charge < -0.3 is 9.47 Å². The number of alkyl halides is 3. The number of hydrogen-bond donors (Lipinski definition) is 0. The molecular weight excluding hydrogens is 237 g/mol. The topological polar surface area (TPSA) is 38.8 Å². The van der Waals surface area contributed by atoms with Crippen LogP contribution in [0, 0.1) is 0 Å². The van der Waals surface area contributed by atoms with E-state index in [1.807, 2.05) is 0 Å². The molecule has 1 aliphatic rings. The van der Waals surface area contributed by atoms with Crippen LogP contribution in [0.4, 0.5) is 13.2 Å². The molecule has 1 aromatic rings. The third-order valence-corrected chi connectivity index (χ3v) is 2.32. The van der Waals surface area contributed by atoms with Crippen molar-refractivity contribution in [2.24, 2.45) is 0 Å². The summed E-state index contributed by atoms with van der Waals surface area (Å²) in [5, 5.41) is 0. The summed E-state index contributed by atoms with van der Waals surface area (Å²) < 4.78 is 47.8. The molecule has 2 rings (SSSR count). The molecule has 0 saturated carbocycles. The predicted octanol–water partition coefficient (Wildman–Crippen LogP) is 2.30. The molecule has 1 aliphatic heterocycles. The van der Waals surface area contributed by atoms with E-state index in [1.54, 1.807) is 0 Å². The van der Waals surface area contributed by atoms with Crippen molar-refractivity contribution in [3.63, 3.8) is 0 Å². The van der Waals surface area contributed by atoms with Crippen LogP contribution in [0.15, 0.2) is 18.2 Å². The first kappa shape index (κ1) is 11.9. The number of hydrogen-bond acceptors (Lipinski definition) is 3. The molecule has 0 bridgehead atoms. The fourth-order valence-electron chi connectivity index (χ4n) is 1.39. The summed E-state index contributed by atoms with van der Waals surface area (Å²) in [4.78, 5) is 10.7. The number of rotatable bonds is 4. The van der Waals surface area contributed by atoms with Crippen LogP contribution in [0.2, 0.25) is 0 Å². The van der Waals surface area contributed by atoms with Crippen molar-refractivity contribution >= 4 is 6.29 Å². The minimum atomic E-state index is -4.56. The van der Waals surface area contributed by atoms with E-state index in [4.69, 9.17) is 9.47 Å². The van der Waals surface area contributed by atoms with Gasteiger partial charge in [-0.2, -0.15) is 13.2 Å². The second-order valence-corrected chi connectivity index (χ2v) is 3.60. The number of halogens is 3. The average Bonchev–Trinajstić information content (AvgIpc) is 3.08. The van der Waals surface area contributed by atoms with Crippen molar-refractivity contribution in [1.82, 2.24) is 0 Å². The first-order valence-corrected chi connectivity index (χ1v) is 4.92. The fraction of sp³-hybridized carbons (Fsp3) is 0.364. The fourth-order valence-corrected chi connectivity index (χ4v) is 1.39. The molecule has 1 saturated heterocycles. The molecular formula is C11H9F3O3. The lowest BCUT2D eigenvalue weighted by molar-refractivity contribution is -0.137. The summed E-state index contributed by atoms with van der Waals surface area (Å²) in [6.07, 6.45) is -4.48. The number of carbonyl (C=O) groups is 1. The first-order valence-electron chi connectivity index (χ1n) is 4.92. The SMILES string of the molecule is O=Cc1c(OCC2CO2)cccc1C(F)(F)F. The molecule has 0 radical (unpaired) electrons. The van der Waals surface area contributed by atoms with Gasteiger partial charge in [-0.25, -0.2) is 0 Å². The molecule has 1 unspecified atom stereocenters. The van der Waals surface area contributed by atoms with E-state index in [2.05, 4.69) is 0 Å². The Labute approximate surface area is 95.1 Å². The lowest BCUT2D eigenvalue weighted by atomic mass is 10.1. The Morgan fingerprint density at radius 2 is 2.18 bits per heavy atom. The van der Waals surface area contributed by atoms with Gasteiger partial charge in [-0.05, 0) is 12.1 Å². The third-order valence-electron chi connectivity index (χ3n) is 2.32. The summed E-state index contributed by atoms with van der Waals surface area (Å²) in [6.45, 7) is 0.692. The van der Waals surface area contributed by atoms with Crippen molar-refractivity contribution in [3.8, 4) is 5.75 Å². The van der Waals surface area contributed by atoms with Crippen LogP contribution in [0.25, 0.3) is 0 Å². The highest BCUT2D eigenvalue weighted by atomic mass is 19.4. The number of benzene rings is 1. The molecule has 6 heteroatoms. The van der Waals surface area contributed by atoms with Gasteiger partial charge in [0.15, 0.2) is 6.29 Å². The third kappa shape index (κ3) is 2.76. The second kappa shape index (κ2) is 4.37. The van der Waals surface area contributed by atoms with Gasteiger partial charge in [-0.3, -0.25) is 4.79 Å². The van der Waals surface area contributed by atoms with Gasteiger partial charge >= 0.3 is 6.18 Å². The highest BCUT2D eigenvalue weighted by Gasteiger charge is 2.34. The van der Waals surface area contributed by atoms with Crippen LogP contribution in [-0.4, -0.2) is 25.6 Å². The molecule has 1 heterocycles. The summed E-state index contributed by atoms with van der Waals surface area (Å²) in [5.74, 6) is -0.0645. The molecule has 3 nitrogen and oxygen atoms in total. The van der Waals surface area contributed by atoms with Crippen LogP contribution >= 0.6 is 0 Å². The standard InChI is InChI=1S/C11H9F3O3/c12-11(13,14)9-2-1-3-10(8(9)4-15)17-6-7-5-16-7/h1-4,7H,5-6H2. The maximum atomic E-state index is 12.6. The van der Waals surface area contributed by atoms with E-state index in [1.165, 1.54) is 12.1 Å². The quantitative estimate of drug-likeness (QED) is 0.604.